The minimum atomic E-state index is -0.304. The number of carbonyl (C=O) groups is 1. The second kappa shape index (κ2) is 10.1. The fourth-order valence-electron chi connectivity index (χ4n) is 5.48. The largest absolute Gasteiger partial charge is 0.491 e. The van der Waals surface area contributed by atoms with Crippen molar-refractivity contribution in [2.45, 2.75) is 70.6 Å². The molecule has 2 atom stereocenters. The Morgan fingerprint density at radius 2 is 1.69 bits per heavy atom. The Hall–Kier alpha value is -3.18. The number of aromatic nitrogens is 1. The monoisotopic (exact) mass is 484 g/mol. The van der Waals surface area contributed by atoms with E-state index in [1.165, 1.54) is 5.56 Å². The number of benzene rings is 2. The Labute approximate surface area is 214 Å². The molecule has 2 aliphatic rings. The molecule has 2 aromatic carbocycles. The van der Waals surface area contributed by atoms with Crippen LogP contribution in [0.2, 0.25) is 0 Å². The van der Waals surface area contributed by atoms with Crippen LogP contribution in [0, 0.1) is 12.8 Å². The summed E-state index contributed by atoms with van der Waals surface area (Å²) in [6.45, 7) is 6.72. The van der Waals surface area contributed by atoms with E-state index in [-0.39, 0.29) is 29.5 Å². The van der Waals surface area contributed by atoms with Crippen LogP contribution >= 0.6 is 0 Å². The number of nitrogens with two attached hydrogens (primary N) is 1. The van der Waals surface area contributed by atoms with Crippen molar-refractivity contribution in [3.05, 3.63) is 78.6 Å². The molecule has 188 valence electrons. The molecule has 1 amide bonds. The van der Waals surface area contributed by atoms with E-state index in [0.717, 1.165) is 54.7 Å². The van der Waals surface area contributed by atoms with Crippen LogP contribution in [0.25, 0.3) is 11.1 Å². The Morgan fingerprint density at radius 1 is 1.06 bits per heavy atom. The Kier molecular flexibility index (Phi) is 6.85. The summed E-state index contributed by atoms with van der Waals surface area (Å²) in [6, 6.07) is 20.9. The SMILES string of the molecule is Cc1ccc[n+]([C@H]2C[C@@H]2C(=O)N(CC2(N)CCCC2)c2ccc(-c3ccc(OC(C)C)cc3)cc2)c1. The zero-order chi connectivity index (χ0) is 25.3. The molecule has 0 aliphatic heterocycles. The molecular formula is C31H38N3O2+. The van der Waals surface area contributed by atoms with Gasteiger partial charge in [0.05, 0.1) is 6.10 Å². The molecule has 0 spiro atoms. The van der Waals surface area contributed by atoms with Gasteiger partial charge in [-0.2, -0.15) is 0 Å². The summed E-state index contributed by atoms with van der Waals surface area (Å²) in [6.07, 6.45) is 9.46. The highest BCUT2D eigenvalue weighted by Gasteiger charge is 2.53. The molecule has 1 aromatic heterocycles. The van der Waals surface area contributed by atoms with Crippen LogP contribution in [0.15, 0.2) is 73.1 Å². The number of aryl methyl sites for hydroxylation is 1. The number of amides is 1. The van der Waals surface area contributed by atoms with Gasteiger partial charge in [-0.1, -0.05) is 37.1 Å². The lowest BCUT2D eigenvalue weighted by molar-refractivity contribution is -0.702. The van der Waals surface area contributed by atoms with Crippen LogP contribution in [0.4, 0.5) is 5.69 Å². The van der Waals surface area contributed by atoms with Gasteiger partial charge in [0.2, 0.25) is 5.91 Å². The van der Waals surface area contributed by atoms with Crippen LogP contribution in [-0.2, 0) is 4.79 Å². The smallest absolute Gasteiger partial charge is 0.237 e. The number of hydrogen-bond donors (Lipinski definition) is 1. The predicted molar refractivity (Wildman–Crippen MR) is 144 cm³/mol. The van der Waals surface area contributed by atoms with Gasteiger partial charge >= 0.3 is 0 Å². The van der Waals surface area contributed by atoms with Crippen LogP contribution in [-0.4, -0.2) is 24.1 Å². The van der Waals surface area contributed by atoms with E-state index >= 15 is 0 Å². The minimum Gasteiger partial charge on any atom is -0.491 e. The Bertz CT molecular complexity index is 1200. The van der Waals surface area contributed by atoms with Gasteiger partial charge in [0.25, 0.3) is 0 Å². The van der Waals surface area contributed by atoms with Crippen LogP contribution in [0.5, 0.6) is 5.75 Å². The maximum Gasteiger partial charge on any atom is 0.237 e. The predicted octanol–water partition coefficient (Wildman–Crippen LogP) is 5.60. The average Bonchev–Trinajstić information content (AvgIpc) is 3.56. The molecule has 0 radical (unpaired) electrons. The summed E-state index contributed by atoms with van der Waals surface area (Å²) in [5.74, 6) is 1.06. The zero-order valence-corrected chi connectivity index (χ0v) is 21.7. The van der Waals surface area contributed by atoms with Gasteiger partial charge in [-0.15, -0.1) is 0 Å². The normalized spacial score (nSPS) is 20.4. The Morgan fingerprint density at radius 3 is 2.31 bits per heavy atom. The molecular weight excluding hydrogens is 446 g/mol. The van der Waals surface area contributed by atoms with Crippen molar-refractivity contribution < 1.29 is 14.1 Å². The summed E-state index contributed by atoms with van der Waals surface area (Å²) in [5.41, 5.74) is 10.9. The second-order valence-corrected chi connectivity index (χ2v) is 11.0. The van der Waals surface area contributed by atoms with Gasteiger partial charge in [-0.05, 0) is 75.1 Å². The lowest BCUT2D eigenvalue weighted by Gasteiger charge is -2.32. The van der Waals surface area contributed by atoms with E-state index in [9.17, 15) is 4.79 Å². The molecule has 5 rings (SSSR count). The van der Waals surface area contributed by atoms with Crippen LogP contribution in [0.3, 0.4) is 0 Å². The van der Waals surface area contributed by atoms with Crippen molar-refractivity contribution in [2.24, 2.45) is 11.7 Å². The van der Waals surface area contributed by atoms with E-state index in [1.54, 1.807) is 0 Å². The highest BCUT2D eigenvalue weighted by atomic mass is 16.5. The van der Waals surface area contributed by atoms with Crippen molar-refractivity contribution in [3.8, 4) is 16.9 Å². The second-order valence-electron chi connectivity index (χ2n) is 11.0. The first-order valence-electron chi connectivity index (χ1n) is 13.3. The molecule has 1 heterocycles. The van der Waals surface area contributed by atoms with E-state index in [0.29, 0.717) is 6.54 Å². The minimum absolute atomic E-state index is 0.00465. The number of hydrogen-bond acceptors (Lipinski definition) is 3. The van der Waals surface area contributed by atoms with Gasteiger partial charge in [-0.3, -0.25) is 4.79 Å². The van der Waals surface area contributed by atoms with Crippen molar-refractivity contribution in [1.29, 1.82) is 0 Å². The topological polar surface area (TPSA) is 59.4 Å². The third kappa shape index (κ3) is 5.46. The molecule has 0 saturated heterocycles. The van der Waals surface area contributed by atoms with Gasteiger partial charge < -0.3 is 15.4 Å². The third-order valence-electron chi connectivity index (χ3n) is 7.50. The molecule has 5 heteroatoms. The van der Waals surface area contributed by atoms with E-state index in [2.05, 4.69) is 72.4 Å². The number of nitrogens with zero attached hydrogens (tertiary/aromatic N) is 2. The first-order valence-corrected chi connectivity index (χ1v) is 13.3. The fourth-order valence-corrected chi connectivity index (χ4v) is 5.48. The molecule has 0 bridgehead atoms. The molecule has 36 heavy (non-hydrogen) atoms. The van der Waals surface area contributed by atoms with Crippen molar-refractivity contribution >= 4 is 11.6 Å². The third-order valence-corrected chi connectivity index (χ3v) is 7.50. The maximum absolute atomic E-state index is 13.8. The first kappa shape index (κ1) is 24.5. The summed E-state index contributed by atoms with van der Waals surface area (Å²) >= 11 is 0. The van der Waals surface area contributed by atoms with E-state index in [4.69, 9.17) is 10.5 Å². The highest BCUT2D eigenvalue weighted by molar-refractivity contribution is 5.97. The van der Waals surface area contributed by atoms with Crippen LogP contribution < -0.4 is 19.9 Å². The molecule has 2 N–H and O–H groups in total. The summed E-state index contributed by atoms with van der Waals surface area (Å²) in [5, 5.41) is 0. The molecule has 5 nitrogen and oxygen atoms in total. The quantitative estimate of drug-likeness (QED) is 0.423. The van der Waals surface area contributed by atoms with E-state index < -0.39 is 0 Å². The zero-order valence-electron chi connectivity index (χ0n) is 21.7. The van der Waals surface area contributed by atoms with Gasteiger partial charge in [0.1, 0.15) is 11.7 Å². The standard InChI is InChI=1S/C31H38N3O2/c1-22(2)36-27-14-10-25(11-15-27)24-8-12-26(13-9-24)34(21-31(32)16-4-5-17-31)30(35)28-19-29(28)33-18-6-7-23(3)20-33/h6-15,18,20,22,28-29H,4-5,16-17,19,21,32H2,1-3H3/q+1/t28-,29-/m0/s1. The number of rotatable bonds is 8. The summed E-state index contributed by atoms with van der Waals surface area (Å²) in [4.78, 5) is 15.8. The number of pyridine rings is 1. The van der Waals surface area contributed by atoms with Gasteiger partial charge in [-0.25, -0.2) is 4.57 Å². The number of ether oxygens (including phenoxy) is 1. The maximum atomic E-state index is 13.8. The number of carbonyl (C=O) groups excluding carboxylic acids is 1. The van der Waals surface area contributed by atoms with E-state index in [1.807, 2.05) is 30.9 Å². The highest BCUT2D eigenvalue weighted by Crippen LogP contribution is 2.42. The van der Waals surface area contributed by atoms with Gasteiger partial charge in [0, 0.05) is 35.8 Å². The molecule has 2 aliphatic carbocycles. The Balaban J connectivity index is 1.36. The summed E-state index contributed by atoms with van der Waals surface area (Å²) in [7, 11) is 0. The van der Waals surface area contributed by atoms with Crippen molar-refractivity contribution in [3.63, 3.8) is 0 Å². The van der Waals surface area contributed by atoms with Gasteiger partial charge in [0.15, 0.2) is 18.4 Å². The first-order chi connectivity index (χ1) is 17.3. The molecule has 2 fully saturated rings. The lowest BCUT2D eigenvalue weighted by Crippen LogP contribution is -2.51. The summed E-state index contributed by atoms with van der Waals surface area (Å²) < 4.78 is 7.97. The fraction of sp³-hybridized carbons (Fsp3) is 0.419. The number of anilines is 1. The van der Waals surface area contributed by atoms with Crippen molar-refractivity contribution in [1.82, 2.24) is 0 Å². The molecule has 2 saturated carbocycles. The average molecular weight is 485 g/mol. The lowest BCUT2D eigenvalue weighted by atomic mass is 9.97. The van der Waals surface area contributed by atoms with Crippen molar-refractivity contribution in [2.75, 3.05) is 11.4 Å². The molecule has 3 aromatic rings. The molecule has 0 unspecified atom stereocenters. The van der Waals surface area contributed by atoms with Crippen LogP contribution in [0.1, 0.15) is 57.6 Å².